The smallest absolute Gasteiger partial charge is 0.249 e. The van der Waals surface area contributed by atoms with Gasteiger partial charge in [-0.05, 0) is 55.3 Å². The summed E-state index contributed by atoms with van der Waals surface area (Å²) in [5, 5.41) is 12.1. The van der Waals surface area contributed by atoms with Gasteiger partial charge in [-0.25, -0.2) is 0 Å². The fraction of sp³-hybridized carbons (Fsp3) is 0.211. The number of nitrogens with two attached hydrogens (primary N) is 1. The van der Waals surface area contributed by atoms with Crippen molar-refractivity contribution < 1.29 is 9.59 Å². The first-order valence-electron chi connectivity index (χ1n) is 7.98. The van der Waals surface area contributed by atoms with Crippen LogP contribution < -0.4 is 16.0 Å². The maximum atomic E-state index is 12.7. The summed E-state index contributed by atoms with van der Waals surface area (Å²) in [5.74, 6) is -0.534. The molecule has 2 aromatic carbocycles. The Morgan fingerprint density at radius 3 is 2.64 bits per heavy atom. The molecule has 0 aromatic heterocycles. The molecule has 0 spiro atoms. The predicted molar refractivity (Wildman–Crippen MR) is 95.2 cm³/mol. The Morgan fingerprint density at radius 2 is 2.00 bits per heavy atom. The Labute approximate surface area is 145 Å². The molecule has 126 valence electrons. The van der Waals surface area contributed by atoms with Crippen molar-refractivity contribution in [2.45, 2.75) is 19.4 Å². The summed E-state index contributed by atoms with van der Waals surface area (Å²) >= 11 is 0. The van der Waals surface area contributed by atoms with Crippen molar-refractivity contribution in [1.82, 2.24) is 0 Å². The van der Waals surface area contributed by atoms with Crippen molar-refractivity contribution in [3.63, 3.8) is 0 Å². The van der Waals surface area contributed by atoms with Gasteiger partial charge in [0.1, 0.15) is 6.04 Å². The van der Waals surface area contributed by atoms with E-state index in [4.69, 9.17) is 11.0 Å². The number of primary amides is 1. The second-order valence-electron chi connectivity index (χ2n) is 6.03. The van der Waals surface area contributed by atoms with Crippen LogP contribution in [-0.2, 0) is 4.79 Å². The second kappa shape index (κ2) is 6.65. The summed E-state index contributed by atoms with van der Waals surface area (Å²) in [6.07, 6.45) is 0.652. The van der Waals surface area contributed by atoms with E-state index in [1.54, 1.807) is 47.4 Å². The number of amides is 2. The highest BCUT2D eigenvalue weighted by Gasteiger charge is 2.32. The van der Waals surface area contributed by atoms with E-state index in [-0.39, 0.29) is 11.9 Å². The molecule has 2 amide bonds. The summed E-state index contributed by atoms with van der Waals surface area (Å²) in [7, 11) is 0. The minimum atomic E-state index is -0.500. The average Bonchev–Trinajstić information content (AvgIpc) is 2.97. The molecule has 2 aromatic rings. The fourth-order valence-electron chi connectivity index (χ4n) is 2.90. The van der Waals surface area contributed by atoms with E-state index in [1.165, 1.54) is 0 Å². The third-order valence-corrected chi connectivity index (χ3v) is 4.37. The van der Waals surface area contributed by atoms with E-state index >= 15 is 0 Å². The minimum Gasteiger partial charge on any atom is -0.373 e. The molecule has 1 saturated heterocycles. The Hall–Kier alpha value is -3.33. The zero-order valence-corrected chi connectivity index (χ0v) is 13.8. The van der Waals surface area contributed by atoms with Crippen LogP contribution in [0.15, 0.2) is 42.5 Å². The number of anilines is 2. The summed E-state index contributed by atoms with van der Waals surface area (Å²) in [6.45, 7) is 2.50. The number of carbonyl (C=O) groups excluding carboxylic acids is 2. The number of rotatable bonds is 4. The van der Waals surface area contributed by atoms with Crippen LogP contribution in [-0.4, -0.2) is 24.4 Å². The summed E-state index contributed by atoms with van der Waals surface area (Å²) in [5.41, 5.74) is 8.74. The summed E-state index contributed by atoms with van der Waals surface area (Å²) in [6, 6.07) is 13.8. The van der Waals surface area contributed by atoms with Gasteiger partial charge in [0.15, 0.2) is 0 Å². The number of nitrogens with zero attached hydrogens (tertiary/aromatic N) is 2. The number of hydrogen-bond acceptors (Lipinski definition) is 4. The number of benzene rings is 2. The van der Waals surface area contributed by atoms with Crippen LogP contribution in [0.2, 0.25) is 0 Å². The van der Waals surface area contributed by atoms with Gasteiger partial charge in [0.2, 0.25) is 11.8 Å². The highest BCUT2D eigenvalue weighted by molar-refractivity contribution is 6.01. The number of hydrogen-bond donors (Lipinski definition) is 2. The lowest BCUT2D eigenvalue weighted by atomic mass is 10.1. The van der Waals surface area contributed by atoms with Crippen molar-refractivity contribution in [3.05, 3.63) is 59.2 Å². The lowest BCUT2D eigenvalue weighted by Gasteiger charge is -2.19. The Balaban J connectivity index is 1.77. The SMILES string of the molecule is Cc1ccc(C(N)=O)cc1N[C@@H]1CCN(c2ccc(C#N)cc2)C1=O. The van der Waals surface area contributed by atoms with E-state index in [2.05, 4.69) is 11.4 Å². The van der Waals surface area contributed by atoms with Gasteiger partial charge in [0.05, 0.1) is 11.6 Å². The molecule has 1 aliphatic rings. The normalized spacial score (nSPS) is 16.6. The van der Waals surface area contributed by atoms with Crippen molar-refractivity contribution >= 4 is 23.2 Å². The van der Waals surface area contributed by atoms with Gasteiger partial charge in [-0.3, -0.25) is 9.59 Å². The molecule has 3 N–H and O–H groups in total. The first-order chi connectivity index (χ1) is 12.0. The zero-order valence-electron chi connectivity index (χ0n) is 13.8. The van der Waals surface area contributed by atoms with Crippen molar-refractivity contribution in [1.29, 1.82) is 5.26 Å². The maximum absolute atomic E-state index is 12.7. The van der Waals surface area contributed by atoms with Crippen molar-refractivity contribution in [3.8, 4) is 6.07 Å². The van der Waals surface area contributed by atoms with Gasteiger partial charge < -0.3 is 16.0 Å². The molecular weight excluding hydrogens is 316 g/mol. The molecule has 1 atom stereocenters. The van der Waals surface area contributed by atoms with Gasteiger partial charge in [-0.1, -0.05) is 6.07 Å². The molecule has 3 rings (SSSR count). The van der Waals surface area contributed by atoms with Gasteiger partial charge in [-0.15, -0.1) is 0 Å². The van der Waals surface area contributed by atoms with E-state index in [0.717, 1.165) is 16.9 Å². The van der Waals surface area contributed by atoms with E-state index < -0.39 is 5.91 Å². The molecule has 0 saturated carbocycles. The first kappa shape index (κ1) is 16.5. The van der Waals surface area contributed by atoms with E-state index in [0.29, 0.717) is 24.1 Å². The molecule has 1 heterocycles. The number of nitrogens with one attached hydrogen (secondary N) is 1. The third kappa shape index (κ3) is 3.31. The quantitative estimate of drug-likeness (QED) is 0.895. The van der Waals surface area contributed by atoms with Crippen LogP contribution in [0.5, 0.6) is 0 Å². The first-order valence-corrected chi connectivity index (χ1v) is 7.98. The van der Waals surface area contributed by atoms with Gasteiger partial charge in [0.25, 0.3) is 0 Å². The highest BCUT2D eigenvalue weighted by Crippen LogP contribution is 2.25. The predicted octanol–water partition coefficient (Wildman–Crippen LogP) is 2.18. The van der Waals surface area contributed by atoms with Crippen LogP contribution in [0.3, 0.4) is 0 Å². The van der Waals surface area contributed by atoms with Crippen molar-refractivity contribution in [2.24, 2.45) is 5.73 Å². The highest BCUT2D eigenvalue weighted by atomic mass is 16.2. The molecule has 0 aliphatic carbocycles. The Bertz CT molecular complexity index is 868. The molecular formula is C19H18N4O2. The number of nitriles is 1. The number of carbonyl (C=O) groups is 2. The monoisotopic (exact) mass is 334 g/mol. The molecule has 0 bridgehead atoms. The topological polar surface area (TPSA) is 99.2 Å². The van der Waals surface area contributed by atoms with Gasteiger partial charge in [0, 0.05) is 23.5 Å². The Morgan fingerprint density at radius 1 is 1.28 bits per heavy atom. The largest absolute Gasteiger partial charge is 0.373 e. The average molecular weight is 334 g/mol. The molecule has 1 aliphatic heterocycles. The lowest BCUT2D eigenvalue weighted by Crippen LogP contribution is -2.33. The fourth-order valence-corrected chi connectivity index (χ4v) is 2.90. The second-order valence-corrected chi connectivity index (χ2v) is 6.03. The molecule has 1 fully saturated rings. The minimum absolute atomic E-state index is 0.0337. The molecule has 6 heteroatoms. The molecule has 0 unspecified atom stereocenters. The lowest BCUT2D eigenvalue weighted by molar-refractivity contribution is -0.117. The molecule has 6 nitrogen and oxygen atoms in total. The zero-order chi connectivity index (χ0) is 18.0. The van der Waals surface area contributed by atoms with Crippen LogP contribution in [0, 0.1) is 18.3 Å². The van der Waals surface area contributed by atoms with Crippen LogP contribution >= 0.6 is 0 Å². The van der Waals surface area contributed by atoms with E-state index in [1.807, 2.05) is 6.92 Å². The van der Waals surface area contributed by atoms with Crippen molar-refractivity contribution in [2.75, 3.05) is 16.8 Å². The van der Waals surface area contributed by atoms with Crippen LogP contribution in [0.4, 0.5) is 11.4 Å². The number of aryl methyl sites for hydroxylation is 1. The standard InChI is InChI=1S/C19H18N4O2/c1-12-2-5-14(18(21)24)10-17(12)22-16-8-9-23(19(16)25)15-6-3-13(11-20)4-7-15/h2-7,10,16,22H,8-9H2,1H3,(H2,21,24)/t16-/m1/s1. The van der Waals surface area contributed by atoms with Gasteiger partial charge in [-0.2, -0.15) is 5.26 Å². The van der Waals surface area contributed by atoms with Crippen LogP contribution in [0.25, 0.3) is 0 Å². The molecule has 25 heavy (non-hydrogen) atoms. The Kier molecular flexibility index (Phi) is 4.40. The summed E-state index contributed by atoms with van der Waals surface area (Å²) in [4.78, 5) is 25.8. The van der Waals surface area contributed by atoms with Gasteiger partial charge >= 0.3 is 0 Å². The summed E-state index contributed by atoms with van der Waals surface area (Å²) < 4.78 is 0. The van der Waals surface area contributed by atoms with E-state index in [9.17, 15) is 9.59 Å². The third-order valence-electron chi connectivity index (χ3n) is 4.37. The molecule has 0 radical (unpaired) electrons. The maximum Gasteiger partial charge on any atom is 0.249 e. The van der Waals surface area contributed by atoms with Crippen LogP contribution in [0.1, 0.15) is 27.9 Å².